The molecule has 1 aliphatic heterocycles. The van der Waals surface area contributed by atoms with Crippen LogP contribution in [0.5, 0.6) is 0 Å². The van der Waals surface area contributed by atoms with E-state index in [9.17, 15) is 9.59 Å². The number of carboxylic acids is 1. The molecule has 2 heterocycles. The number of aromatic nitrogens is 2. The van der Waals surface area contributed by atoms with Gasteiger partial charge in [-0.1, -0.05) is 0 Å². The number of anilines is 1. The Balaban J connectivity index is 1.48. The number of aromatic amines is 1. The zero-order valence-corrected chi connectivity index (χ0v) is 15.6. The van der Waals surface area contributed by atoms with Crippen molar-refractivity contribution in [3.05, 3.63) is 59.4 Å². The summed E-state index contributed by atoms with van der Waals surface area (Å²) in [5.74, 6) is -0.385. The molecule has 3 N–H and O–H groups in total. The lowest BCUT2D eigenvalue weighted by atomic mass is 10.1. The Labute approximate surface area is 162 Å². The van der Waals surface area contributed by atoms with E-state index in [0.29, 0.717) is 17.3 Å². The molecule has 7 nitrogen and oxygen atoms in total. The van der Waals surface area contributed by atoms with Crippen molar-refractivity contribution in [3.63, 3.8) is 0 Å². The fourth-order valence-electron chi connectivity index (χ4n) is 3.60. The molecule has 1 atom stereocenters. The van der Waals surface area contributed by atoms with Crippen molar-refractivity contribution in [1.29, 1.82) is 0 Å². The van der Waals surface area contributed by atoms with Crippen molar-refractivity contribution < 1.29 is 14.7 Å². The molecule has 0 unspecified atom stereocenters. The molecule has 4 rings (SSSR count). The molecule has 1 saturated heterocycles. The number of fused-ring (bicyclic) bond motifs is 1. The minimum Gasteiger partial charge on any atom is -0.478 e. The fourth-order valence-corrected chi connectivity index (χ4v) is 3.60. The summed E-state index contributed by atoms with van der Waals surface area (Å²) in [6.07, 6.45) is 2.45. The summed E-state index contributed by atoms with van der Waals surface area (Å²) in [6, 6.07) is 12.0. The van der Waals surface area contributed by atoms with Gasteiger partial charge >= 0.3 is 5.97 Å². The molecular formula is C21H22N4O3. The predicted octanol–water partition coefficient (Wildman–Crippen LogP) is 3.50. The largest absolute Gasteiger partial charge is 0.478 e. The number of hydrogen-bond acceptors (Lipinski definition) is 4. The van der Waals surface area contributed by atoms with Gasteiger partial charge in [0, 0.05) is 17.3 Å². The van der Waals surface area contributed by atoms with E-state index in [2.05, 4.69) is 27.1 Å². The van der Waals surface area contributed by atoms with Crippen LogP contribution < -0.4 is 5.32 Å². The van der Waals surface area contributed by atoms with Crippen molar-refractivity contribution in [3.8, 4) is 0 Å². The normalized spacial score (nSPS) is 17.1. The van der Waals surface area contributed by atoms with E-state index in [-0.39, 0.29) is 11.5 Å². The lowest BCUT2D eigenvalue weighted by Crippen LogP contribution is -2.26. The molecule has 1 aromatic heterocycles. The second kappa shape index (κ2) is 7.44. The maximum Gasteiger partial charge on any atom is 0.335 e. The van der Waals surface area contributed by atoms with Gasteiger partial charge < -0.3 is 15.4 Å². The first-order valence-corrected chi connectivity index (χ1v) is 9.37. The molecule has 0 spiro atoms. The molecule has 0 bridgehead atoms. The number of benzene rings is 2. The van der Waals surface area contributed by atoms with Crippen LogP contribution in [0.1, 0.15) is 46.3 Å². The zero-order chi connectivity index (χ0) is 19.7. The Morgan fingerprint density at radius 1 is 1.21 bits per heavy atom. The minimum absolute atomic E-state index is 0.148. The summed E-state index contributed by atoms with van der Waals surface area (Å²) in [5.41, 5.74) is 2.93. The Bertz CT molecular complexity index is 1030. The van der Waals surface area contributed by atoms with Crippen LogP contribution in [-0.2, 0) is 6.54 Å². The van der Waals surface area contributed by atoms with Crippen LogP contribution in [0.25, 0.3) is 11.0 Å². The maximum absolute atomic E-state index is 12.4. The number of carbonyl (C=O) groups excluding carboxylic acids is 1. The van der Waals surface area contributed by atoms with Crippen molar-refractivity contribution >= 4 is 28.6 Å². The van der Waals surface area contributed by atoms with Crippen molar-refractivity contribution in [2.75, 3.05) is 11.9 Å². The molecule has 0 aliphatic carbocycles. The highest BCUT2D eigenvalue weighted by atomic mass is 16.4. The molecule has 2 aromatic carbocycles. The zero-order valence-electron chi connectivity index (χ0n) is 15.6. The average molecular weight is 378 g/mol. The fraction of sp³-hybridized carbons (Fsp3) is 0.286. The predicted molar refractivity (Wildman–Crippen MR) is 107 cm³/mol. The smallest absolute Gasteiger partial charge is 0.335 e. The molecule has 1 amide bonds. The first kappa shape index (κ1) is 18.2. The SMILES string of the molecule is C[C@H]1CCCN1Cc1nc2cc(NC(=O)c3ccc(C(=O)O)cc3)ccc2[nH]1. The number of H-pyrrole nitrogens is 1. The number of rotatable bonds is 5. The second-order valence-electron chi connectivity index (χ2n) is 7.21. The molecule has 1 aliphatic rings. The molecule has 3 aromatic rings. The monoisotopic (exact) mass is 378 g/mol. The highest BCUT2D eigenvalue weighted by Gasteiger charge is 2.21. The summed E-state index contributed by atoms with van der Waals surface area (Å²) in [7, 11) is 0. The highest BCUT2D eigenvalue weighted by molar-refractivity contribution is 6.05. The standard InChI is InChI=1S/C21H22N4O3/c1-13-3-2-10-25(13)12-19-23-17-9-8-16(11-18(17)24-19)22-20(26)14-4-6-15(7-5-14)21(27)28/h4-9,11,13H,2-3,10,12H2,1H3,(H,22,26)(H,23,24)(H,27,28)/t13-/m0/s1. The Kier molecular flexibility index (Phi) is 4.83. The number of hydrogen-bond donors (Lipinski definition) is 3. The van der Waals surface area contributed by atoms with Gasteiger partial charge in [-0.05, 0) is 68.8 Å². The maximum atomic E-state index is 12.4. The Hall–Kier alpha value is -3.19. The van der Waals surface area contributed by atoms with Crippen LogP contribution in [0, 0.1) is 0 Å². The van der Waals surface area contributed by atoms with Gasteiger partial charge in [0.2, 0.25) is 0 Å². The third-order valence-corrected chi connectivity index (χ3v) is 5.23. The van der Waals surface area contributed by atoms with Gasteiger partial charge in [0.15, 0.2) is 0 Å². The van der Waals surface area contributed by atoms with Crippen LogP contribution in [0.2, 0.25) is 0 Å². The van der Waals surface area contributed by atoms with Crippen LogP contribution in [-0.4, -0.2) is 44.4 Å². The minimum atomic E-state index is -1.02. The van der Waals surface area contributed by atoms with Gasteiger partial charge in [0.25, 0.3) is 5.91 Å². The number of carbonyl (C=O) groups is 2. The number of imidazole rings is 1. The molecule has 0 saturated carbocycles. The number of carboxylic acid groups (broad SMARTS) is 1. The van der Waals surface area contributed by atoms with Gasteiger partial charge in [-0.15, -0.1) is 0 Å². The van der Waals surface area contributed by atoms with E-state index in [1.807, 2.05) is 18.2 Å². The summed E-state index contributed by atoms with van der Waals surface area (Å²) < 4.78 is 0. The molecule has 0 radical (unpaired) electrons. The summed E-state index contributed by atoms with van der Waals surface area (Å²) >= 11 is 0. The lowest BCUT2D eigenvalue weighted by molar-refractivity contribution is 0.0696. The number of amides is 1. The van der Waals surface area contributed by atoms with E-state index in [4.69, 9.17) is 5.11 Å². The third kappa shape index (κ3) is 3.75. The summed E-state index contributed by atoms with van der Waals surface area (Å²) in [4.78, 5) is 33.8. The Morgan fingerprint density at radius 3 is 2.64 bits per heavy atom. The molecule has 1 fully saturated rings. The van der Waals surface area contributed by atoms with Crippen LogP contribution in [0.4, 0.5) is 5.69 Å². The van der Waals surface area contributed by atoms with Crippen molar-refractivity contribution in [2.45, 2.75) is 32.4 Å². The summed E-state index contributed by atoms with van der Waals surface area (Å²) in [5, 5.41) is 11.8. The van der Waals surface area contributed by atoms with E-state index in [0.717, 1.165) is 29.9 Å². The second-order valence-corrected chi connectivity index (χ2v) is 7.21. The van der Waals surface area contributed by atoms with Crippen LogP contribution in [0.3, 0.4) is 0 Å². The third-order valence-electron chi connectivity index (χ3n) is 5.23. The lowest BCUT2D eigenvalue weighted by Gasteiger charge is -2.19. The molecule has 7 heteroatoms. The van der Waals surface area contributed by atoms with Gasteiger partial charge in [0.05, 0.1) is 23.1 Å². The van der Waals surface area contributed by atoms with Crippen molar-refractivity contribution in [1.82, 2.24) is 14.9 Å². The quantitative estimate of drug-likeness (QED) is 0.631. The van der Waals surface area contributed by atoms with Gasteiger partial charge in [-0.25, -0.2) is 9.78 Å². The average Bonchev–Trinajstić information content (AvgIpc) is 3.27. The number of nitrogens with zero attached hydrogens (tertiary/aromatic N) is 2. The number of aromatic carboxylic acids is 1. The van der Waals surface area contributed by atoms with E-state index in [1.165, 1.54) is 37.1 Å². The topological polar surface area (TPSA) is 98.3 Å². The van der Waals surface area contributed by atoms with E-state index in [1.54, 1.807) is 0 Å². The van der Waals surface area contributed by atoms with Gasteiger partial charge in [0.1, 0.15) is 5.82 Å². The highest BCUT2D eigenvalue weighted by Crippen LogP contribution is 2.22. The molecule has 28 heavy (non-hydrogen) atoms. The van der Waals surface area contributed by atoms with E-state index < -0.39 is 5.97 Å². The Morgan fingerprint density at radius 2 is 1.96 bits per heavy atom. The first-order chi connectivity index (χ1) is 13.5. The molecule has 144 valence electrons. The van der Waals surface area contributed by atoms with Gasteiger partial charge in [-0.3, -0.25) is 9.69 Å². The molecular weight excluding hydrogens is 356 g/mol. The van der Waals surface area contributed by atoms with Gasteiger partial charge in [-0.2, -0.15) is 0 Å². The van der Waals surface area contributed by atoms with E-state index >= 15 is 0 Å². The number of nitrogens with one attached hydrogen (secondary N) is 2. The summed E-state index contributed by atoms with van der Waals surface area (Å²) in [6.45, 7) is 4.14. The van der Waals surface area contributed by atoms with Crippen molar-refractivity contribution in [2.24, 2.45) is 0 Å². The number of likely N-dealkylation sites (tertiary alicyclic amines) is 1. The van der Waals surface area contributed by atoms with Crippen LogP contribution in [0.15, 0.2) is 42.5 Å². The first-order valence-electron chi connectivity index (χ1n) is 9.37. The van der Waals surface area contributed by atoms with Crippen LogP contribution >= 0.6 is 0 Å².